The number of ether oxygens (including phenoxy) is 2. The summed E-state index contributed by atoms with van der Waals surface area (Å²) in [6, 6.07) is 5.74. The summed E-state index contributed by atoms with van der Waals surface area (Å²) in [5.74, 6) is 8.06. The topological polar surface area (TPSA) is 47.7 Å². The van der Waals surface area contributed by atoms with Crippen LogP contribution in [0.25, 0.3) is 0 Å². The second kappa shape index (κ2) is 8.00. The molecule has 4 nitrogen and oxygen atoms in total. The van der Waals surface area contributed by atoms with Gasteiger partial charge in [0.15, 0.2) is 0 Å². The van der Waals surface area contributed by atoms with Crippen LogP contribution in [0.1, 0.15) is 18.9 Å². The second-order valence-electron chi connectivity index (χ2n) is 4.28. The summed E-state index contributed by atoms with van der Waals surface area (Å²) < 4.78 is 10.6. The van der Waals surface area contributed by atoms with Crippen LogP contribution in [0, 0.1) is 11.8 Å². The minimum atomic E-state index is 0.629. The van der Waals surface area contributed by atoms with Gasteiger partial charge < -0.3 is 20.1 Å². The Morgan fingerprint density at radius 1 is 1.35 bits per heavy atom. The Morgan fingerprint density at radius 2 is 2.10 bits per heavy atom. The summed E-state index contributed by atoms with van der Waals surface area (Å²) in [6.07, 6.45) is 2.54. The van der Waals surface area contributed by atoms with Crippen molar-refractivity contribution in [3.8, 4) is 23.3 Å². The zero-order valence-corrected chi connectivity index (χ0v) is 12.6. The van der Waals surface area contributed by atoms with Crippen molar-refractivity contribution in [2.75, 3.05) is 21.3 Å². The molecular weight excluding hydrogens is 252 g/mol. The summed E-state index contributed by atoms with van der Waals surface area (Å²) in [5.41, 5.74) is 7.01. The van der Waals surface area contributed by atoms with Gasteiger partial charge in [0, 0.05) is 37.7 Å². The van der Waals surface area contributed by atoms with Gasteiger partial charge in [-0.25, -0.2) is 0 Å². The Bertz CT molecular complexity index is 527. The van der Waals surface area contributed by atoms with Gasteiger partial charge in [-0.05, 0) is 12.1 Å². The van der Waals surface area contributed by atoms with Crippen LogP contribution in [0.4, 0.5) is 0 Å². The molecule has 0 spiro atoms. The highest BCUT2D eigenvalue weighted by atomic mass is 16.5. The van der Waals surface area contributed by atoms with E-state index in [0.717, 1.165) is 23.5 Å². The molecule has 108 valence electrons. The van der Waals surface area contributed by atoms with Gasteiger partial charge in [-0.2, -0.15) is 0 Å². The molecule has 0 atom stereocenters. The van der Waals surface area contributed by atoms with Crippen LogP contribution in [0.5, 0.6) is 11.5 Å². The number of nitrogens with zero attached hydrogens (tertiary/aromatic N) is 1. The van der Waals surface area contributed by atoms with Crippen molar-refractivity contribution in [3.05, 3.63) is 35.7 Å². The average molecular weight is 274 g/mol. The normalized spacial score (nSPS) is 10.5. The standard InChI is InChI=1S/C16H22N2O2/c1-5-6-7-8-16(17)18(2)12-13-9-10-14(19-3)11-15(13)20-4/h8-11H,5,12,17H2,1-4H3/b16-8-. The van der Waals surface area contributed by atoms with Crippen molar-refractivity contribution < 1.29 is 9.47 Å². The van der Waals surface area contributed by atoms with Crippen LogP contribution in [0.2, 0.25) is 0 Å². The molecule has 0 fully saturated rings. The summed E-state index contributed by atoms with van der Waals surface area (Å²) in [5, 5.41) is 0. The highest BCUT2D eigenvalue weighted by Crippen LogP contribution is 2.25. The van der Waals surface area contributed by atoms with Crippen LogP contribution in [0.3, 0.4) is 0 Å². The Hall–Kier alpha value is -2.28. The van der Waals surface area contributed by atoms with Crippen molar-refractivity contribution in [1.82, 2.24) is 4.90 Å². The molecule has 0 aliphatic rings. The first-order valence-corrected chi connectivity index (χ1v) is 6.48. The molecule has 1 rings (SSSR count). The quantitative estimate of drug-likeness (QED) is 0.837. The van der Waals surface area contributed by atoms with Crippen molar-refractivity contribution in [2.24, 2.45) is 5.73 Å². The molecule has 20 heavy (non-hydrogen) atoms. The number of hydrogen-bond acceptors (Lipinski definition) is 4. The van der Waals surface area contributed by atoms with Crippen molar-refractivity contribution >= 4 is 0 Å². The Labute approximate surface area is 121 Å². The molecule has 4 heteroatoms. The van der Waals surface area contributed by atoms with Crippen molar-refractivity contribution in [2.45, 2.75) is 19.9 Å². The predicted octanol–water partition coefficient (Wildman–Crippen LogP) is 2.35. The first kappa shape index (κ1) is 15.8. The summed E-state index contributed by atoms with van der Waals surface area (Å²) in [7, 11) is 5.20. The lowest BCUT2D eigenvalue weighted by Crippen LogP contribution is -2.23. The first-order valence-electron chi connectivity index (χ1n) is 6.48. The van der Waals surface area contributed by atoms with Crippen molar-refractivity contribution in [3.63, 3.8) is 0 Å². The van der Waals surface area contributed by atoms with E-state index in [4.69, 9.17) is 15.2 Å². The van der Waals surface area contributed by atoms with E-state index in [1.165, 1.54) is 0 Å². The maximum Gasteiger partial charge on any atom is 0.127 e. The Kier molecular flexibility index (Phi) is 6.31. The SMILES string of the molecule is CCC#C/C=C(/N)N(C)Cc1ccc(OC)cc1OC. The first-order chi connectivity index (χ1) is 9.62. The van der Waals surface area contributed by atoms with Crippen LogP contribution in [0.15, 0.2) is 30.1 Å². The van der Waals surface area contributed by atoms with Crippen LogP contribution in [-0.2, 0) is 6.54 Å². The minimum absolute atomic E-state index is 0.629. The number of rotatable bonds is 5. The molecule has 0 aliphatic heterocycles. The molecular formula is C16H22N2O2. The maximum atomic E-state index is 5.97. The van der Waals surface area contributed by atoms with Gasteiger partial charge in [-0.1, -0.05) is 18.8 Å². The fourth-order valence-electron chi connectivity index (χ4n) is 1.67. The third-order valence-electron chi connectivity index (χ3n) is 2.84. The Morgan fingerprint density at radius 3 is 2.70 bits per heavy atom. The molecule has 0 saturated carbocycles. The molecule has 0 aliphatic carbocycles. The lowest BCUT2D eigenvalue weighted by atomic mass is 10.2. The molecule has 0 unspecified atom stereocenters. The highest BCUT2D eigenvalue weighted by molar-refractivity contribution is 5.41. The molecule has 0 bridgehead atoms. The summed E-state index contributed by atoms with van der Waals surface area (Å²) in [6.45, 7) is 2.65. The molecule has 1 aromatic rings. The monoisotopic (exact) mass is 274 g/mol. The number of benzene rings is 1. The molecule has 0 aromatic heterocycles. The third-order valence-corrected chi connectivity index (χ3v) is 2.84. The van der Waals surface area contributed by atoms with Gasteiger partial charge >= 0.3 is 0 Å². The number of nitrogens with two attached hydrogens (primary N) is 1. The lowest BCUT2D eigenvalue weighted by Gasteiger charge is -2.20. The maximum absolute atomic E-state index is 5.97. The third kappa shape index (κ3) is 4.43. The highest BCUT2D eigenvalue weighted by Gasteiger charge is 2.08. The van der Waals surface area contributed by atoms with Crippen LogP contribution < -0.4 is 15.2 Å². The molecule has 0 saturated heterocycles. The van der Waals surface area contributed by atoms with Gasteiger partial charge in [-0.15, -0.1) is 0 Å². The van der Waals surface area contributed by atoms with E-state index in [-0.39, 0.29) is 0 Å². The van der Waals surface area contributed by atoms with E-state index in [1.807, 2.05) is 37.1 Å². The number of methoxy groups -OCH3 is 2. The lowest BCUT2D eigenvalue weighted by molar-refractivity contribution is 0.368. The van der Waals surface area contributed by atoms with E-state index in [2.05, 4.69) is 11.8 Å². The molecule has 0 radical (unpaired) electrons. The fourth-order valence-corrected chi connectivity index (χ4v) is 1.67. The number of allylic oxidation sites excluding steroid dienone is 1. The molecule has 2 N–H and O–H groups in total. The van der Waals surface area contributed by atoms with E-state index in [1.54, 1.807) is 20.3 Å². The van der Waals surface area contributed by atoms with E-state index in [9.17, 15) is 0 Å². The average Bonchev–Trinajstić information content (AvgIpc) is 2.47. The van der Waals surface area contributed by atoms with Gasteiger partial charge in [0.1, 0.15) is 17.3 Å². The summed E-state index contributed by atoms with van der Waals surface area (Å²) in [4.78, 5) is 1.93. The molecule has 1 aromatic carbocycles. The largest absolute Gasteiger partial charge is 0.497 e. The van der Waals surface area contributed by atoms with Crippen LogP contribution in [-0.4, -0.2) is 26.2 Å². The smallest absolute Gasteiger partial charge is 0.127 e. The zero-order valence-electron chi connectivity index (χ0n) is 12.6. The van der Waals surface area contributed by atoms with Crippen LogP contribution >= 0.6 is 0 Å². The summed E-state index contributed by atoms with van der Waals surface area (Å²) >= 11 is 0. The number of hydrogen-bond donors (Lipinski definition) is 1. The van der Waals surface area contributed by atoms with Gasteiger partial charge in [0.25, 0.3) is 0 Å². The van der Waals surface area contributed by atoms with E-state index >= 15 is 0 Å². The van der Waals surface area contributed by atoms with Gasteiger partial charge in [0.2, 0.25) is 0 Å². The molecule has 0 amide bonds. The van der Waals surface area contributed by atoms with Gasteiger partial charge in [-0.3, -0.25) is 0 Å². The van der Waals surface area contributed by atoms with E-state index < -0.39 is 0 Å². The fraction of sp³-hybridized carbons (Fsp3) is 0.375. The second-order valence-corrected chi connectivity index (χ2v) is 4.28. The predicted molar refractivity (Wildman–Crippen MR) is 81.4 cm³/mol. The molecule has 0 heterocycles. The van der Waals surface area contributed by atoms with Crippen molar-refractivity contribution in [1.29, 1.82) is 0 Å². The van der Waals surface area contributed by atoms with Gasteiger partial charge in [0.05, 0.1) is 14.2 Å². The van der Waals surface area contributed by atoms with E-state index in [0.29, 0.717) is 12.4 Å². The zero-order chi connectivity index (χ0) is 15.0. The minimum Gasteiger partial charge on any atom is -0.497 e. The Balaban J connectivity index is 2.84.